The lowest BCUT2D eigenvalue weighted by molar-refractivity contribution is -0.00780. The third-order valence-corrected chi connectivity index (χ3v) is 5.63. The number of carbonyl (C=O) groups is 1. The van der Waals surface area contributed by atoms with Gasteiger partial charge in [-0.1, -0.05) is 51.2 Å². The molecule has 0 atom stereocenters. The summed E-state index contributed by atoms with van der Waals surface area (Å²) in [5, 5.41) is 0. The Morgan fingerprint density at radius 3 is 1.76 bits per heavy atom. The van der Waals surface area contributed by atoms with Crippen LogP contribution in [-0.4, -0.2) is 89.6 Å². The van der Waals surface area contributed by atoms with Crippen molar-refractivity contribution in [1.29, 1.82) is 0 Å². The fourth-order valence-electron chi connectivity index (χ4n) is 3.47. The maximum Gasteiger partial charge on any atom is 0.410 e. The van der Waals surface area contributed by atoms with E-state index in [0.29, 0.717) is 66.0 Å². The van der Waals surface area contributed by atoms with Crippen molar-refractivity contribution in [2.24, 2.45) is 0 Å². The van der Waals surface area contributed by atoms with E-state index in [9.17, 15) is 4.79 Å². The minimum atomic E-state index is -0.498. The van der Waals surface area contributed by atoms with Crippen molar-refractivity contribution < 1.29 is 33.2 Å². The number of unbranched alkanes of at least 4 members (excludes halogenated alkanes) is 5. The molecule has 0 unspecified atom stereocenters. The van der Waals surface area contributed by atoms with Crippen LogP contribution in [0.15, 0.2) is 24.3 Å². The summed E-state index contributed by atoms with van der Waals surface area (Å²) in [7, 11) is 1.69. The number of aryl methyl sites for hydroxylation is 1. The summed E-state index contributed by atoms with van der Waals surface area (Å²) in [6.07, 6.45) is 8.74. The first kappa shape index (κ1) is 34.2. The molecule has 1 aromatic rings. The predicted octanol–water partition coefficient (Wildman–Crippen LogP) is 5.90. The molecule has 0 saturated heterocycles. The van der Waals surface area contributed by atoms with Crippen molar-refractivity contribution in [3.05, 3.63) is 29.8 Å². The molecule has 8 nitrogen and oxygen atoms in total. The van der Waals surface area contributed by atoms with Crippen LogP contribution < -0.4 is 4.74 Å². The highest BCUT2D eigenvalue weighted by atomic mass is 16.6. The van der Waals surface area contributed by atoms with Gasteiger partial charge in [0.15, 0.2) is 0 Å². The quantitative estimate of drug-likeness (QED) is 0.160. The topological polar surface area (TPSA) is 75.7 Å². The molecular formula is C30H53NO7. The molecule has 0 aliphatic carbocycles. The van der Waals surface area contributed by atoms with E-state index in [1.807, 2.05) is 32.9 Å². The summed E-state index contributed by atoms with van der Waals surface area (Å²) in [5.41, 5.74) is 0.878. The largest absolute Gasteiger partial charge is 0.491 e. The molecule has 0 aliphatic rings. The first-order valence-electron chi connectivity index (χ1n) is 14.3. The predicted molar refractivity (Wildman–Crippen MR) is 151 cm³/mol. The van der Waals surface area contributed by atoms with Gasteiger partial charge in [-0.25, -0.2) is 4.79 Å². The van der Waals surface area contributed by atoms with Gasteiger partial charge in [-0.15, -0.1) is 0 Å². The number of carbonyl (C=O) groups excluding carboxylic acids is 1. The van der Waals surface area contributed by atoms with E-state index in [2.05, 4.69) is 19.1 Å². The standard InChI is InChI=1S/C30H53NO7/c1-6-7-8-9-10-11-12-27-13-15-28(16-14-27)37-26-25-36-24-23-35-22-21-34-20-19-33-18-17-31(5)29(32)38-30(2,3)4/h13-16H,6-12,17-26H2,1-5H3. The molecule has 220 valence electrons. The van der Waals surface area contributed by atoms with Gasteiger partial charge in [-0.2, -0.15) is 0 Å². The smallest absolute Gasteiger partial charge is 0.410 e. The second-order valence-electron chi connectivity index (χ2n) is 10.4. The van der Waals surface area contributed by atoms with Crippen LogP contribution in [0.5, 0.6) is 5.75 Å². The molecule has 0 saturated carbocycles. The average Bonchev–Trinajstić information content (AvgIpc) is 2.88. The maximum atomic E-state index is 11.8. The van der Waals surface area contributed by atoms with Crippen molar-refractivity contribution in [1.82, 2.24) is 4.90 Å². The fourth-order valence-corrected chi connectivity index (χ4v) is 3.47. The maximum absolute atomic E-state index is 11.8. The Hall–Kier alpha value is -1.87. The molecule has 0 bridgehead atoms. The molecule has 0 radical (unpaired) electrons. The van der Waals surface area contributed by atoms with Crippen LogP contribution in [-0.2, 0) is 30.1 Å². The number of benzene rings is 1. The fraction of sp³-hybridized carbons (Fsp3) is 0.767. The molecule has 0 spiro atoms. The summed E-state index contributed by atoms with van der Waals surface area (Å²) < 4.78 is 33.1. The zero-order valence-electron chi connectivity index (χ0n) is 24.6. The zero-order valence-corrected chi connectivity index (χ0v) is 24.6. The monoisotopic (exact) mass is 539 g/mol. The third-order valence-electron chi connectivity index (χ3n) is 5.63. The first-order chi connectivity index (χ1) is 18.3. The van der Waals surface area contributed by atoms with Gasteiger partial charge < -0.3 is 33.3 Å². The molecule has 38 heavy (non-hydrogen) atoms. The van der Waals surface area contributed by atoms with Gasteiger partial charge in [0, 0.05) is 13.6 Å². The molecule has 0 aromatic heterocycles. The molecule has 0 fully saturated rings. The molecule has 1 aromatic carbocycles. The number of hydrogen-bond donors (Lipinski definition) is 0. The van der Waals surface area contributed by atoms with Gasteiger partial charge in [-0.05, 0) is 51.3 Å². The number of amides is 1. The van der Waals surface area contributed by atoms with Crippen molar-refractivity contribution in [3.8, 4) is 5.75 Å². The summed E-state index contributed by atoms with van der Waals surface area (Å²) >= 11 is 0. The molecule has 8 heteroatoms. The van der Waals surface area contributed by atoms with E-state index in [1.165, 1.54) is 49.0 Å². The summed E-state index contributed by atoms with van der Waals surface area (Å²) in [4.78, 5) is 13.3. The van der Waals surface area contributed by atoms with Crippen LogP contribution in [0.3, 0.4) is 0 Å². The van der Waals surface area contributed by atoms with Crippen LogP contribution in [0.4, 0.5) is 4.79 Å². The average molecular weight is 540 g/mol. The summed E-state index contributed by atoms with van der Waals surface area (Å²) in [6.45, 7) is 12.7. The van der Waals surface area contributed by atoms with Gasteiger partial charge >= 0.3 is 6.09 Å². The van der Waals surface area contributed by atoms with Gasteiger partial charge in [0.1, 0.15) is 18.0 Å². The third kappa shape index (κ3) is 20.1. The second-order valence-corrected chi connectivity index (χ2v) is 10.4. The Labute approximate surface area is 231 Å². The van der Waals surface area contributed by atoms with Crippen molar-refractivity contribution in [2.45, 2.75) is 78.2 Å². The summed E-state index contributed by atoms with van der Waals surface area (Å²) in [6, 6.07) is 8.41. The normalized spacial score (nSPS) is 11.5. The summed E-state index contributed by atoms with van der Waals surface area (Å²) in [5.74, 6) is 0.882. The Bertz CT molecular complexity index is 691. The first-order valence-corrected chi connectivity index (χ1v) is 14.3. The van der Waals surface area contributed by atoms with Gasteiger partial charge in [0.2, 0.25) is 0 Å². The van der Waals surface area contributed by atoms with Crippen LogP contribution in [0.1, 0.15) is 71.8 Å². The number of ether oxygens (including phenoxy) is 6. The minimum Gasteiger partial charge on any atom is -0.491 e. The molecule has 0 heterocycles. The SMILES string of the molecule is CCCCCCCCc1ccc(OCCOCCOCCOCCOCCN(C)C(=O)OC(C)(C)C)cc1. The Kier molecular flexibility index (Phi) is 19.8. The molecule has 0 aliphatic heterocycles. The van der Waals surface area contributed by atoms with Gasteiger partial charge in [0.25, 0.3) is 0 Å². The number of rotatable bonds is 23. The number of hydrogen-bond acceptors (Lipinski definition) is 7. The van der Waals surface area contributed by atoms with Crippen LogP contribution in [0, 0.1) is 0 Å². The highest BCUT2D eigenvalue weighted by Crippen LogP contribution is 2.15. The molecule has 0 N–H and O–H groups in total. The minimum absolute atomic E-state index is 0.352. The zero-order chi connectivity index (χ0) is 27.9. The van der Waals surface area contributed by atoms with Crippen LogP contribution in [0.2, 0.25) is 0 Å². The second kappa shape index (κ2) is 22.0. The lowest BCUT2D eigenvalue weighted by Crippen LogP contribution is -2.36. The molecule has 1 amide bonds. The lowest BCUT2D eigenvalue weighted by Gasteiger charge is -2.24. The van der Waals surface area contributed by atoms with Crippen molar-refractivity contribution in [2.75, 3.05) is 73.1 Å². The van der Waals surface area contributed by atoms with E-state index in [4.69, 9.17) is 28.4 Å². The highest BCUT2D eigenvalue weighted by Gasteiger charge is 2.19. The lowest BCUT2D eigenvalue weighted by atomic mass is 10.0. The van der Waals surface area contributed by atoms with E-state index in [0.717, 1.165) is 12.2 Å². The van der Waals surface area contributed by atoms with Crippen LogP contribution >= 0.6 is 0 Å². The number of nitrogens with zero attached hydrogens (tertiary/aromatic N) is 1. The Balaban J connectivity index is 1.86. The van der Waals surface area contributed by atoms with E-state index in [1.54, 1.807) is 7.05 Å². The Morgan fingerprint density at radius 1 is 0.711 bits per heavy atom. The highest BCUT2D eigenvalue weighted by molar-refractivity contribution is 5.67. The van der Waals surface area contributed by atoms with Gasteiger partial charge in [-0.3, -0.25) is 0 Å². The molecule has 1 rings (SSSR count). The van der Waals surface area contributed by atoms with Crippen LogP contribution in [0.25, 0.3) is 0 Å². The van der Waals surface area contributed by atoms with E-state index >= 15 is 0 Å². The van der Waals surface area contributed by atoms with Crippen molar-refractivity contribution >= 4 is 6.09 Å². The number of likely N-dealkylation sites (N-methyl/N-ethyl adjacent to an activating group) is 1. The van der Waals surface area contributed by atoms with E-state index < -0.39 is 5.60 Å². The van der Waals surface area contributed by atoms with Gasteiger partial charge in [0.05, 0.1) is 52.9 Å². The van der Waals surface area contributed by atoms with Crippen molar-refractivity contribution in [3.63, 3.8) is 0 Å². The molecular weight excluding hydrogens is 486 g/mol. The Morgan fingerprint density at radius 2 is 1.21 bits per heavy atom. The van der Waals surface area contributed by atoms with E-state index in [-0.39, 0.29) is 6.09 Å².